The zero-order valence-corrected chi connectivity index (χ0v) is 9.04. The summed E-state index contributed by atoms with van der Waals surface area (Å²) in [6.45, 7) is 0. The lowest BCUT2D eigenvalue weighted by Crippen LogP contribution is -1.90. The molecule has 3 nitrogen and oxygen atoms in total. The molecule has 2 heterocycles. The second-order valence-corrected chi connectivity index (χ2v) is 4.12. The first kappa shape index (κ1) is 8.70. The molecule has 0 aliphatic carbocycles. The van der Waals surface area contributed by atoms with E-state index in [2.05, 4.69) is 40.4 Å². The molecule has 0 unspecified atom stereocenters. The van der Waals surface area contributed by atoms with Crippen molar-refractivity contribution < 1.29 is 0 Å². The van der Waals surface area contributed by atoms with Crippen molar-refractivity contribution >= 4 is 27.2 Å². The maximum atomic E-state index is 4.43. The van der Waals surface area contributed by atoms with E-state index in [9.17, 15) is 0 Å². The third kappa shape index (κ3) is 1.16. The van der Waals surface area contributed by atoms with Gasteiger partial charge < -0.3 is 0 Å². The molecule has 0 saturated heterocycles. The molecule has 2 aromatic carbocycles. The van der Waals surface area contributed by atoms with Crippen LogP contribution in [0.3, 0.4) is 0 Å². The largest absolute Gasteiger partial charge is 0.236 e. The standard InChI is InChI=1S/C14H9N3/c1-2-4-11-8-13-12(7-10(11)3-1)14-5-6-16-17(14)9-15-13/h1-9H. The summed E-state index contributed by atoms with van der Waals surface area (Å²) in [6.07, 6.45) is 3.55. The lowest BCUT2D eigenvalue weighted by Gasteiger charge is -2.03. The molecule has 2 aromatic heterocycles. The summed E-state index contributed by atoms with van der Waals surface area (Å²) in [5.41, 5.74) is 2.11. The molecule has 17 heavy (non-hydrogen) atoms. The second-order valence-electron chi connectivity index (χ2n) is 4.12. The van der Waals surface area contributed by atoms with Gasteiger partial charge in [0.1, 0.15) is 6.33 Å². The van der Waals surface area contributed by atoms with Crippen LogP contribution in [0.5, 0.6) is 0 Å². The van der Waals surface area contributed by atoms with E-state index >= 15 is 0 Å². The summed E-state index contributed by atoms with van der Waals surface area (Å²) in [6, 6.07) is 14.6. The van der Waals surface area contributed by atoms with Gasteiger partial charge in [0.25, 0.3) is 0 Å². The molecule has 80 valence electrons. The van der Waals surface area contributed by atoms with Crippen LogP contribution in [0.1, 0.15) is 0 Å². The number of aromatic nitrogens is 3. The Morgan fingerprint density at radius 2 is 1.76 bits per heavy atom. The van der Waals surface area contributed by atoms with E-state index in [1.807, 2.05) is 12.1 Å². The van der Waals surface area contributed by atoms with E-state index in [0.29, 0.717) is 0 Å². The van der Waals surface area contributed by atoms with Crippen LogP contribution >= 0.6 is 0 Å². The van der Waals surface area contributed by atoms with E-state index < -0.39 is 0 Å². The minimum Gasteiger partial charge on any atom is -0.236 e. The maximum absolute atomic E-state index is 4.43. The van der Waals surface area contributed by atoms with Crippen molar-refractivity contribution in [3.63, 3.8) is 0 Å². The van der Waals surface area contributed by atoms with Crippen molar-refractivity contribution in [3.8, 4) is 0 Å². The Bertz CT molecular complexity index is 846. The highest BCUT2D eigenvalue weighted by molar-refractivity contribution is 6.02. The molecule has 0 bridgehead atoms. The molecule has 0 atom stereocenters. The van der Waals surface area contributed by atoms with Gasteiger partial charge in [-0.3, -0.25) is 0 Å². The van der Waals surface area contributed by atoms with Crippen molar-refractivity contribution in [2.24, 2.45) is 0 Å². The van der Waals surface area contributed by atoms with Crippen molar-refractivity contribution in [1.29, 1.82) is 0 Å². The Morgan fingerprint density at radius 3 is 2.65 bits per heavy atom. The number of fused-ring (bicyclic) bond motifs is 4. The Balaban J connectivity index is 2.29. The molecule has 0 fully saturated rings. The van der Waals surface area contributed by atoms with Gasteiger partial charge in [0.15, 0.2) is 0 Å². The normalized spacial score (nSPS) is 11.5. The Kier molecular flexibility index (Phi) is 1.56. The first-order valence-electron chi connectivity index (χ1n) is 5.53. The van der Waals surface area contributed by atoms with Gasteiger partial charge in [-0.15, -0.1) is 0 Å². The van der Waals surface area contributed by atoms with Gasteiger partial charge >= 0.3 is 0 Å². The third-order valence-corrected chi connectivity index (χ3v) is 3.12. The predicted molar refractivity (Wildman–Crippen MR) is 68.0 cm³/mol. The fraction of sp³-hybridized carbons (Fsp3) is 0. The topological polar surface area (TPSA) is 30.2 Å². The first-order chi connectivity index (χ1) is 8.42. The van der Waals surface area contributed by atoms with E-state index in [1.165, 1.54) is 10.8 Å². The average Bonchev–Trinajstić information content (AvgIpc) is 2.85. The smallest absolute Gasteiger partial charge is 0.118 e. The molecule has 0 amide bonds. The van der Waals surface area contributed by atoms with Gasteiger partial charge in [-0.05, 0) is 29.0 Å². The third-order valence-electron chi connectivity index (χ3n) is 3.12. The molecule has 4 aromatic rings. The Morgan fingerprint density at radius 1 is 0.941 bits per heavy atom. The number of rotatable bonds is 0. The maximum Gasteiger partial charge on any atom is 0.118 e. The van der Waals surface area contributed by atoms with E-state index in [0.717, 1.165) is 16.4 Å². The van der Waals surface area contributed by atoms with Gasteiger partial charge in [0, 0.05) is 5.39 Å². The van der Waals surface area contributed by atoms with Crippen LogP contribution in [0, 0.1) is 0 Å². The SMILES string of the molecule is c1ccc2cc3c(cc2c1)ncn1nccc31. The van der Waals surface area contributed by atoms with Crippen molar-refractivity contribution in [2.75, 3.05) is 0 Å². The van der Waals surface area contributed by atoms with Gasteiger partial charge in [-0.2, -0.15) is 5.10 Å². The summed E-state index contributed by atoms with van der Waals surface area (Å²) < 4.78 is 1.80. The lowest BCUT2D eigenvalue weighted by atomic mass is 10.1. The first-order valence-corrected chi connectivity index (χ1v) is 5.53. The lowest BCUT2D eigenvalue weighted by molar-refractivity contribution is 0.934. The van der Waals surface area contributed by atoms with Crippen LogP contribution in [-0.4, -0.2) is 14.6 Å². The van der Waals surface area contributed by atoms with Gasteiger partial charge in [0.2, 0.25) is 0 Å². The molecule has 3 heteroatoms. The summed E-state index contributed by atoms with van der Waals surface area (Å²) in [7, 11) is 0. The molecule has 0 aliphatic heterocycles. The van der Waals surface area contributed by atoms with E-state index in [4.69, 9.17) is 0 Å². The quantitative estimate of drug-likeness (QED) is 0.425. The van der Waals surface area contributed by atoms with Crippen LogP contribution in [0.4, 0.5) is 0 Å². The van der Waals surface area contributed by atoms with Crippen LogP contribution in [0.15, 0.2) is 55.0 Å². The second kappa shape index (κ2) is 3.04. The van der Waals surface area contributed by atoms with E-state index in [-0.39, 0.29) is 0 Å². The fourth-order valence-corrected chi connectivity index (χ4v) is 2.28. The number of nitrogens with zero attached hydrogens (tertiary/aromatic N) is 3. The average molecular weight is 219 g/mol. The molecule has 0 radical (unpaired) electrons. The Hall–Kier alpha value is -2.42. The highest BCUT2D eigenvalue weighted by Crippen LogP contribution is 2.24. The molecular formula is C14H9N3. The van der Waals surface area contributed by atoms with Gasteiger partial charge in [-0.25, -0.2) is 9.50 Å². The van der Waals surface area contributed by atoms with E-state index in [1.54, 1.807) is 17.0 Å². The minimum absolute atomic E-state index is 1.01. The molecule has 0 spiro atoms. The molecule has 4 rings (SSSR count). The summed E-state index contributed by atoms with van der Waals surface area (Å²) in [5.74, 6) is 0. The molecule has 0 aliphatic rings. The summed E-state index contributed by atoms with van der Waals surface area (Å²) in [5, 5.41) is 7.80. The number of benzene rings is 2. The van der Waals surface area contributed by atoms with Crippen LogP contribution in [0.2, 0.25) is 0 Å². The monoisotopic (exact) mass is 219 g/mol. The van der Waals surface area contributed by atoms with Crippen LogP contribution in [0.25, 0.3) is 27.2 Å². The minimum atomic E-state index is 1.01. The Labute approximate surface area is 97.3 Å². The predicted octanol–water partition coefficient (Wildman–Crippen LogP) is 3.04. The summed E-state index contributed by atoms with van der Waals surface area (Å²) >= 11 is 0. The van der Waals surface area contributed by atoms with Crippen molar-refractivity contribution in [3.05, 3.63) is 55.0 Å². The van der Waals surface area contributed by atoms with Gasteiger partial charge in [-0.1, -0.05) is 24.3 Å². The van der Waals surface area contributed by atoms with Crippen LogP contribution in [-0.2, 0) is 0 Å². The van der Waals surface area contributed by atoms with Crippen molar-refractivity contribution in [2.45, 2.75) is 0 Å². The summed E-state index contributed by atoms with van der Waals surface area (Å²) in [4.78, 5) is 4.43. The zero-order chi connectivity index (χ0) is 11.2. The molecule has 0 saturated carbocycles. The molecule has 0 N–H and O–H groups in total. The fourth-order valence-electron chi connectivity index (χ4n) is 2.28. The number of hydrogen-bond acceptors (Lipinski definition) is 2. The highest BCUT2D eigenvalue weighted by Gasteiger charge is 2.03. The zero-order valence-electron chi connectivity index (χ0n) is 9.04. The highest BCUT2D eigenvalue weighted by atomic mass is 15.2. The molecular weight excluding hydrogens is 210 g/mol. The van der Waals surface area contributed by atoms with Crippen molar-refractivity contribution in [1.82, 2.24) is 14.6 Å². The van der Waals surface area contributed by atoms with Gasteiger partial charge in [0.05, 0.1) is 17.2 Å². The van der Waals surface area contributed by atoms with Crippen LogP contribution < -0.4 is 0 Å². The number of hydrogen-bond donors (Lipinski definition) is 0.